The van der Waals surface area contributed by atoms with Crippen LogP contribution in [0.1, 0.15) is 12.5 Å². The van der Waals surface area contributed by atoms with Gasteiger partial charge in [0.2, 0.25) is 0 Å². The van der Waals surface area contributed by atoms with Crippen molar-refractivity contribution in [2.24, 2.45) is 0 Å². The molecule has 0 saturated carbocycles. The Labute approximate surface area is 99.6 Å². The lowest BCUT2D eigenvalue weighted by Gasteiger charge is -2.14. The van der Waals surface area contributed by atoms with Crippen LogP contribution >= 0.6 is 0 Å². The Kier molecular flexibility index (Phi) is 5.90. The lowest BCUT2D eigenvalue weighted by atomic mass is 10.2. The van der Waals surface area contributed by atoms with Gasteiger partial charge in [-0.05, 0) is 13.0 Å². The molecule has 1 rings (SSSR count). The van der Waals surface area contributed by atoms with Crippen molar-refractivity contribution in [3.8, 4) is 5.75 Å². The highest BCUT2D eigenvalue weighted by atomic mass is 19.1. The Balaban J connectivity index is 2.56. The van der Waals surface area contributed by atoms with Crippen molar-refractivity contribution < 1.29 is 24.1 Å². The quantitative estimate of drug-likeness (QED) is 0.754. The average molecular weight is 244 g/mol. The molecular formula is C12H17FO4. The van der Waals surface area contributed by atoms with Crippen LogP contribution in [-0.4, -0.2) is 36.1 Å². The van der Waals surface area contributed by atoms with Gasteiger partial charge in [-0.1, -0.05) is 12.1 Å². The number of hydrogen-bond acceptors (Lipinski definition) is 4. The van der Waals surface area contributed by atoms with E-state index in [1.54, 1.807) is 6.07 Å². The summed E-state index contributed by atoms with van der Waals surface area (Å²) in [6.45, 7) is 2.06. The lowest BCUT2D eigenvalue weighted by Crippen LogP contribution is -2.24. The molecule has 0 aliphatic carbocycles. The van der Waals surface area contributed by atoms with Crippen molar-refractivity contribution in [3.05, 3.63) is 29.6 Å². The minimum Gasteiger partial charge on any atom is -0.487 e. The van der Waals surface area contributed by atoms with Crippen LogP contribution in [0.15, 0.2) is 18.2 Å². The van der Waals surface area contributed by atoms with Gasteiger partial charge >= 0.3 is 0 Å². The van der Waals surface area contributed by atoms with E-state index < -0.39 is 11.9 Å². The highest BCUT2D eigenvalue weighted by Gasteiger charge is 2.11. The number of ether oxygens (including phenoxy) is 2. The number of aliphatic hydroxyl groups excluding tert-OH is 2. The first-order valence-corrected chi connectivity index (χ1v) is 5.45. The molecule has 0 fully saturated rings. The fraction of sp³-hybridized carbons (Fsp3) is 0.500. The summed E-state index contributed by atoms with van der Waals surface area (Å²) in [5.41, 5.74) is 0.355. The number of benzene rings is 1. The standard InChI is InChI=1S/C12H17FO4/c1-2-16-7-10(15)8-17-12-9(6-14)4-3-5-11(12)13/h3-5,10,14-15H,2,6-8H2,1H3. The van der Waals surface area contributed by atoms with Crippen molar-refractivity contribution in [2.45, 2.75) is 19.6 Å². The Hall–Kier alpha value is -1.17. The van der Waals surface area contributed by atoms with Crippen LogP contribution in [0.4, 0.5) is 4.39 Å². The molecule has 0 heterocycles. The molecule has 1 unspecified atom stereocenters. The van der Waals surface area contributed by atoms with E-state index in [-0.39, 0.29) is 25.6 Å². The van der Waals surface area contributed by atoms with Crippen LogP contribution in [0.2, 0.25) is 0 Å². The van der Waals surface area contributed by atoms with Crippen LogP contribution in [0, 0.1) is 5.82 Å². The number of para-hydroxylation sites is 1. The van der Waals surface area contributed by atoms with Crippen LogP contribution < -0.4 is 4.74 Å². The second kappa shape index (κ2) is 7.21. The molecular weight excluding hydrogens is 227 g/mol. The van der Waals surface area contributed by atoms with E-state index in [1.807, 2.05) is 6.92 Å². The minimum atomic E-state index is -0.818. The Bertz CT molecular complexity index is 343. The van der Waals surface area contributed by atoms with Crippen LogP contribution in [-0.2, 0) is 11.3 Å². The van der Waals surface area contributed by atoms with E-state index in [4.69, 9.17) is 14.6 Å². The maximum Gasteiger partial charge on any atom is 0.165 e. The van der Waals surface area contributed by atoms with Crippen molar-refractivity contribution in [2.75, 3.05) is 19.8 Å². The normalized spacial score (nSPS) is 12.5. The molecule has 96 valence electrons. The fourth-order valence-corrected chi connectivity index (χ4v) is 1.32. The molecule has 0 radical (unpaired) electrons. The number of halogens is 1. The second-order valence-corrected chi connectivity index (χ2v) is 3.51. The minimum absolute atomic E-state index is 0.0226. The number of hydrogen-bond donors (Lipinski definition) is 2. The van der Waals surface area contributed by atoms with E-state index >= 15 is 0 Å². The van der Waals surface area contributed by atoms with Gasteiger partial charge < -0.3 is 19.7 Å². The predicted molar refractivity (Wildman–Crippen MR) is 60.3 cm³/mol. The zero-order valence-corrected chi connectivity index (χ0v) is 9.73. The zero-order chi connectivity index (χ0) is 12.7. The van der Waals surface area contributed by atoms with Gasteiger partial charge in [-0.15, -0.1) is 0 Å². The van der Waals surface area contributed by atoms with E-state index in [0.29, 0.717) is 12.2 Å². The zero-order valence-electron chi connectivity index (χ0n) is 9.73. The largest absolute Gasteiger partial charge is 0.487 e. The van der Waals surface area contributed by atoms with Gasteiger partial charge in [-0.25, -0.2) is 4.39 Å². The molecule has 0 bridgehead atoms. The van der Waals surface area contributed by atoms with Gasteiger partial charge in [0.1, 0.15) is 12.7 Å². The molecule has 0 amide bonds. The molecule has 5 heteroatoms. The molecule has 2 N–H and O–H groups in total. The van der Waals surface area contributed by atoms with Gasteiger partial charge in [0.05, 0.1) is 13.2 Å². The predicted octanol–water partition coefficient (Wildman–Crippen LogP) is 1.09. The molecule has 0 aliphatic rings. The van der Waals surface area contributed by atoms with Crippen molar-refractivity contribution in [1.82, 2.24) is 0 Å². The van der Waals surface area contributed by atoms with E-state index in [1.165, 1.54) is 12.1 Å². The summed E-state index contributed by atoms with van der Waals surface area (Å²) in [4.78, 5) is 0. The average Bonchev–Trinajstić information content (AvgIpc) is 2.34. The monoisotopic (exact) mass is 244 g/mol. The number of aliphatic hydroxyl groups is 2. The highest BCUT2D eigenvalue weighted by molar-refractivity contribution is 5.34. The van der Waals surface area contributed by atoms with Gasteiger partial charge in [-0.3, -0.25) is 0 Å². The molecule has 0 saturated heterocycles. The molecule has 0 spiro atoms. The topological polar surface area (TPSA) is 58.9 Å². The third-order valence-corrected chi connectivity index (χ3v) is 2.15. The third-order valence-electron chi connectivity index (χ3n) is 2.15. The Morgan fingerprint density at radius 1 is 1.35 bits per heavy atom. The lowest BCUT2D eigenvalue weighted by molar-refractivity contribution is 0.0152. The van der Waals surface area contributed by atoms with Crippen LogP contribution in [0.25, 0.3) is 0 Å². The summed E-state index contributed by atoms with van der Waals surface area (Å²) >= 11 is 0. The molecule has 0 aliphatic heterocycles. The summed E-state index contributed by atoms with van der Waals surface area (Å²) in [7, 11) is 0. The summed E-state index contributed by atoms with van der Waals surface area (Å²) in [6.07, 6.45) is -0.818. The van der Waals surface area contributed by atoms with E-state index in [0.717, 1.165) is 0 Å². The molecule has 17 heavy (non-hydrogen) atoms. The second-order valence-electron chi connectivity index (χ2n) is 3.51. The molecule has 4 nitrogen and oxygen atoms in total. The van der Waals surface area contributed by atoms with E-state index in [2.05, 4.69) is 0 Å². The molecule has 1 aromatic rings. The van der Waals surface area contributed by atoms with Gasteiger partial charge in [0, 0.05) is 12.2 Å². The summed E-state index contributed by atoms with van der Waals surface area (Å²) in [6, 6.07) is 4.29. The van der Waals surface area contributed by atoms with Crippen LogP contribution in [0.5, 0.6) is 5.75 Å². The van der Waals surface area contributed by atoms with Crippen molar-refractivity contribution >= 4 is 0 Å². The van der Waals surface area contributed by atoms with Crippen molar-refractivity contribution in [3.63, 3.8) is 0 Å². The smallest absolute Gasteiger partial charge is 0.165 e. The highest BCUT2D eigenvalue weighted by Crippen LogP contribution is 2.22. The Morgan fingerprint density at radius 2 is 2.12 bits per heavy atom. The van der Waals surface area contributed by atoms with Gasteiger partial charge in [0.25, 0.3) is 0 Å². The molecule has 1 aromatic carbocycles. The molecule has 1 atom stereocenters. The maximum absolute atomic E-state index is 13.4. The third kappa shape index (κ3) is 4.30. The number of rotatable bonds is 7. The summed E-state index contributed by atoms with van der Waals surface area (Å²) in [5, 5.41) is 18.5. The SMILES string of the molecule is CCOCC(O)COc1c(F)cccc1CO. The first kappa shape index (κ1) is 13.9. The van der Waals surface area contributed by atoms with Gasteiger partial charge in [-0.2, -0.15) is 0 Å². The maximum atomic E-state index is 13.4. The van der Waals surface area contributed by atoms with Gasteiger partial charge in [0.15, 0.2) is 11.6 Å². The van der Waals surface area contributed by atoms with Crippen molar-refractivity contribution in [1.29, 1.82) is 0 Å². The fourth-order valence-electron chi connectivity index (χ4n) is 1.32. The van der Waals surface area contributed by atoms with Crippen LogP contribution in [0.3, 0.4) is 0 Å². The van der Waals surface area contributed by atoms with E-state index in [9.17, 15) is 9.50 Å². The Morgan fingerprint density at radius 3 is 2.76 bits per heavy atom. The first-order chi connectivity index (χ1) is 8.19. The molecule has 0 aromatic heterocycles. The first-order valence-electron chi connectivity index (χ1n) is 5.45. The summed E-state index contributed by atoms with van der Waals surface area (Å²) < 4.78 is 23.5. The summed E-state index contributed by atoms with van der Waals surface area (Å²) in [5.74, 6) is -0.578.